The van der Waals surface area contributed by atoms with Crippen LogP contribution in [-0.2, 0) is 0 Å². The molecule has 0 aliphatic rings. The summed E-state index contributed by atoms with van der Waals surface area (Å²) in [5.74, 6) is 0. The van der Waals surface area contributed by atoms with Crippen LogP contribution in [0.1, 0.15) is 29.2 Å². The Bertz CT molecular complexity index is 383. The number of benzene rings is 1. The molecule has 1 rings (SSSR count). The van der Waals surface area contributed by atoms with Gasteiger partial charge < -0.3 is 5.11 Å². The van der Waals surface area contributed by atoms with Crippen molar-refractivity contribution in [3.63, 3.8) is 0 Å². The molecule has 1 unspecified atom stereocenters. The zero-order valence-corrected chi connectivity index (χ0v) is 9.01. The fraction of sp³-hybridized carbons (Fsp3) is 0.455. The molecule has 0 saturated heterocycles. The van der Waals surface area contributed by atoms with Crippen molar-refractivity contribution in [3.8, 4) is 0 Å². The molecule has 0 aromatic heterocycles. The molecule has 80 valence electrons. The quantitative estimate of drug-likeness (QED) is 0.458. The number of aliphatic hydroxyl groups excluding tert-OH is 1. The summed E-state index contributed by atoms with van der Waals surface area (Å²) < 4.78 is 0. The van der Waals surface area contributed by atoms with E-state index in [9.17, 15) is 5.11 Å². The molecule has 1 aromatic rings. The molecule has 4 heteroatoms. The zero-order chi connectivity index (χ0) is 11.3. The summed E-state index contributed by atoms with van der Waals surface area (Å²) in [7, 11) is 0. The molecule has 4 nitrogen and oxygen atoms in total. The van der Waals surface area contributed by atoms with Crippen LogP contribution in [0.5, 0.6) is 0 Å². The summed E-state index contributed by atoms with van der Waals surface area (Å²) >= 11 is 0. The van der Waals surface area contributed by atoms with Crippen molar-refractivity contribution >= 4 is 0 Å². The van der Waals surface area contributed by atoms with E-state index >= 15 is 0 Å². The van der Waals surface area contributed by atoms with Gasteiger partial charge in [-0.05, 0) is 42.5 Å². The van der Waals surface area contributed by atoms with E-state index in [1.807, 2.05) is 32.0 Å². The SMILES string of the molecule is Cc1ccc(C(O)CCN=[N+]=[N-])cc1C. The molecular weight excluding hydrogens is 190 g/mol. The summed E-state index contributed by atoms with van der Waals surface area (Å²) in [6.45, 7) is 4.37. The van der Waals surface area contributed by atoms with Gasteiger partial charge in [-0.3, -0.25) is 0 Å². The Hall–Kier alpha value is -1.51. The average molecular weight is 205 g/mol. The monoisotopic (exact) mass is 205 g/mol. The predicted octanol–water partition coefficient (Wildman–Crippen LogP) is 3.04. The molecule has 1 aromatic carbocycles. The van der Waals surface area contributed by atoms with Gasteiger partial charge in [0.25, 0.3) is 0 Å². The first-order valence-corrected chi connectivity index (χ1v) is 4.91. The Labute approximate surface area is 89.2 Å². The molecule has 1 atom stereocenters. The fourth-order valence-electron chi connectivity index (χ4n) is 1.36. The van der Waals surface area contributed by atoms with Crippen molar-refractivity contribution < 1.29 is 5.11 Å². The van der Waals surface area contributed by atoms with E-state index in [1.165, 1.54) is 5.56 Å². The maximum absolute atomic E-state index is 9.78. The summed E-state index contributed by atoms with van der Waals surface area (Å²) in [5.41, 5.74) is 11.4. The Kier molecular flexibility index (Phi) is 4.16. The molecular formula is C11H15N3O. The van der Waals surface area contributed by atoms with Crippen LogP contribution in [0.3, 0.4) is 0 Å². The lowest BCUT2D eigenvalue weighted by Crippen LogP contribution is -2.00. The normalized spacial score (nSPS) is 11.9. The van der Waals surface area contributed by atoms with Gasteiger partial charge in [-0.15, -0.1) is 0 Å². The van der Waals surface area contributed by atoms with Crippen molar-refractivity contribution in [1.82, 2.24) is 0 Å². The highest BCUT2D eigenvalue weighted by molar-refractivity contribution is 5.31. The van der Waals surface area contributed by atoms with E-state index in [2.05, 4.69) is 10.0 Å². The van der Waals surface area contributed by atoms with Crippen molar-refractivity contribution in [2.45, 2.75) is 26.4 Å². The van der Waals surface area contributed by atoms with Gasteiger partial charge in [0.2, 0.25) is 0 Å². The topological polar surface area (TPSA) is 69.0 Å². The number of aryl methyl sites for hydroxylation is 2. The maximum Gasteiger partial charge on any atom is 0.0791 e. The third kappa shape index (κ3) is 3.27. The Morgan fingerprint density at radius 1 is 1.40 bits per heavy atom. The zero-order valence-electron chi connectivity index (χ0n) is 9.01. The standard InChI is InChI=1S/C11H15N3O/c1-8-3-4-10(7-9(8)2)11(15)5-6-13-14-12/h3-4,7,11,15H,5-6H2,1-2H3. The minimum absolute atomic E-state index is 0.324. The van der Waals surface area contributed by atoms with Gasteiger partial charge in [0.15, 0.2) is 0 Å². The van der Waals surface area contributed by atoms with Crippen LogP contribution in [0.2, 0.25) is 0 Å². The van der Waals surface area contributed by atoms with Crippen LogP contribution >= 0.6 is 0 Å². The molecule has 0 heterocycles. The molecule has 0 aliphatic carbocycles. The van der Waals surface area contributed by atoms with E-state index < -0.39 is 6.10 Å². The largest absolute Gasteiger partial charge is 0.388 e. The second-order valence-electron chi connectivity index (χ2n) is 3.60. The first-order valence-electron chi connectivity index (χ1n) is 4.91. The number of hydrogen-bond acceptors (Lipinski definition) is 2. The van der Waals surface area contributed by atoms with E-state index in [0.717, 1.165) is 11.1 Å². The lowest BCUT2D eigenvalue weighted by molar-refractivity contribution is 0.170. The van der Waals surface area contributed by atoms with Crippen LogP contribution in [0.4, 0.5) is 0 Å². The Morgan fingerprint density at radius 3 is 2.73 bits per heavy atom. The van der Waals surface area contributed by atoms with Crippen molar-refractivity contribution in [2.75, 3.05) is 6.54 Å². The van der Waals surface area contributed by atoms with Crippen LogP contribution in [0.15, 0.2) is 23.3 Å². The molecule has 0 bridgehead atoms. The number of hydrogen-bond donors (Lipinski definition) is 1. The highest BCUT2D eigenvalue weighted by atomic mass is 16.3. The van der Waals surface area contributed by atoms with Crippen LogP contribution in [0.25, 0.3) is 10.4 Å². The van der Waals surface area contributed by atoms with Crippen LogP contribution < -0.4 is 0 Å². The number of azide groups is 1. The van der Waals surface area contributed by atoms with Crippen LogP contribution in [0, 0.1) is 13.8 Å². The molecule has 0 fully saturated rings. The summed E-state index contributed by atoms with van der Waals surface area (Å²) in [5, 5.41) is 13.2. The number of nitrogens with zero attached hydrogens (tertiary/aromatic N) is 3. The first kappa shape index (κ1) is 11.6. The van der Waals surface area contributed by atoms with Crippen molar-refractivity contribution in [1.29, 1.82) is 0 Å². The molecule has 0 amide bonds. The third-order valence-electron chi connectivity index (χ3n) is 2.48. The van der Waals surface area contributed by atoms with Gasteiger partial charge in [-0.25, -0.2) is 0 Å². The molecule has 0 radical (unpaired) electrons. The molecule has 0 saturated carbocycles. The molecule has 15 heavy (non-hydrogen) atoms. The minimum atomic E-state index is -0.546. The highest BCUT2D eigenvalue weighted by Crippen LogP contribution is 2.19. The number of aliphatic hydroxyl groups is 1. The predicted molar refractivity (Wildman–Crippen MR) is 59.5 cm³/mol. The number of rotatable bonds is 4. The second-order valence-corrected chi connectivity index (χ2v) is 3.60. The lowest BCUT2D eigenvalue weighted by atomic mass is 10.0. The van der Waals surface area contributed by atoms with Crippen molar-refractivity contribution in [2.24, 2.45) is 5.11 Å². The van der Waals surface area contributed by atoms with Gasteiger partial charge in [0.1, 0.15) is 0 Å². The summed E-state index contributed by atoms with van der Waals surface area (Å²) in [6.07, 6.45) is -0.0816. The first-order chi connectivity index (χ1) is 7.15. The average Bonchev–Trinajstić information content (AvgIpc) is 2.22. The third-order valence-corrected chi connectivity index (χ3v) is 2.48. The molecule has 1 N–H and O–H groups in total. The minimum Gasteiger partial charge on any atom is -0.388 e. The Morgan fingerprint density at radius 2 is 2.13 bits per heavy atom. The van der Waals surface area contributed by atoms with E-state index in [1.54, 1.807) is 0 Å². The lowest BCUT2D eigenvalue weighted by Gasteiger charge is -2.11. The molecule has 0 spiro atoms. The summed E-state index contributed by atoms with van der Waals surface area (Å²) in [4.78, 5) is 2.65. The molecule has 0 aliphatic heterocycles. The van der Waals surface area contributed by atoms with Crippen molar-refractivity contribution in [3.05, 3.63) is 45.3 Å². The van der Waals surface area contributed by atoms with Gasteiger partial charge in [0, 0.05) is 11.5 Å². The van der Waals surface area contributed by atoms with E-state index in [-0.39, 0.29) is 0 Å². The Balaban J connectivity index is 2.69. The van der Waals surface area contributed by atoms with E-state index in [4.69, 9.17) is 5.53 Å². The van der Waals surface area contributed by atoms with E-state index in [0.29, 0.717) is 13.0 Å². The fourth-order valence-corrected chi connectivity index (χ4v) is 1.36. The van der Waals surface area contributed by atoms with Gasteiger partial charge in [0.05, 0.1) is 6.10 Å². The smallest absolute Gasteiger partial charge is 0.0791 e. The van der Waals surface area contributed by atoms with Gasteiger partial charge in [-0.1, -0.05) is 23.3 Å². The van der Waals surface area contributed by atoms with Gasteiger partial charge in [-0.2, -0.15) is 0 Å². The summed E-state index contributed by atoms with van der Waals surface area (Å²) in [6, 6.07) is 5.86. The van der Waals surface area contributed by atoms with Gasteiger partial charge >= 0.3 is 0 Å². The second kappa shape index (κ2) is 5.39. The maximum atomic E-state index is 9.78. The highest BCUT2D eigenvalue weighted by Gasteiger charge is 2.07. The van der Waals surface area contributed by atoms with Crippen LogP contribution in [-0.4, -0.2) is 11.7 Å².